The summed E-state index contributed by atoms with van der Waals surface area (Å²) in [5.41, 5.74) is 2.09. The zero-order valence-electron chi connectivity index (χ0n) is 19.8. The van der Waals surface area contributed by atoms with E-state index >= 15 is 0 Å². The van der Waals surface area contributed by atoms with Gasteiger partial charge in [-0.25, -0.2) is 4.98 Å². The summed E-state index contributed by atoms with van der Waals surface area (Å²) in [7, 11) is 0. The molecule has 168 valence electrons. The third-order valence-electron chi connectivity index (χ3n) is 5.70. The summed E-state index contributed by atoms with van der Waals surface area (Å²) in [4.78, 5) is 13.4. The molecule has 7 heteroatoms. The molecule has 2 aromatic carbocycles. The zero-order chi connectivity index (χ0) is 23.7. The van der Waals surface area contributed by atoms with Crippen LogP contribution in [0.15, 0.2) is 65.9 Å². The Hall–Kier alpha value is -3.24. The monoisotopic (exact) mass is 619 g/mol. The fraction of sp³-hybridized carbons (Fsp3) is 0.192. The van der Waals surface area contributed by atoms with Crippen LogP contribution in [0, 0.1) is 13.0 Å². The molecule has 0 bridgehead atoms. The van der Waals surface area contributed by atoms with E-state index < -0.39 is 18.0 Å². The van der Waals surface area contributed by atoms with Crippen LogP contribution < -0.4 is 4.74 Å². The number of fused-ring (bicyclic) bond motifs is 4. The molecule has 1 aliphatic carbocycles. The van der Waals surface area contributed by atoms with Crippen LogP contribution in [-0.4, -0.2) is 26.6 Å². The predicted molar refractivity (Wildman–Crippen MR) is 120 cm³/mol. The Morgan fingerprint density at radius 1 is 1.21 bits per heavy atom. The van der Waals surface area contributed by atoms with Gasteiger partial charge in [-0.2, -0.15) is 0 Å². The Morgan fingerprint density at radius 3 is 2.94 bits per heavy atom. The quantitative estimate of drug-likeness (QED) is 0.325. The number of nitrogens with zero attached hydrogens (tertiary/aromatic N) is 3. The molecule has 0 saturated carbocycles. The Labute approximate surface area is 208 Å². The molecule has 2 aliphatic rings. The summed E-state index contributed by atoms with van der Waals surface area (Å²) in [5.74, 6) is 0.931. The van der Waals surface area contributed by atoms with E-state index in [4.69, 9.17) is 17.2 Å². The van der Waals surface area contributed by atoms with Gasteiger partial charge >= 0.3 is 0 Å². The minimum Gasteiger partial charge on any atom is -0.511 e. The fourth-order valence-electron chi connectivity index (χ4n) is 4.28. The molecule has 0 unspecified atom stereocenters. The number of benzene rings is 2. The molecule has 3 heterocycles. The van der Waals surface area contributed by atoms with Crippen LogP contribution in [0.25, 0.3) is 10.9 Å². The molecule has 0 saturated heterocycles. The molecule has 6 nitrogen and oxygen atoms in total. The van der Waals surface area contributed by atoms with E-state index in [1.165, 1.54) is 6.20 Å². The van der Waals surface area contributed by atoms with Gasteiger partial charge in [0.2, 0.25) is 5.88 Å². The van der Waals surface area contributed by atoms with E-state index in [1.807, 2.05) is 37.3 Å². The Morgan fingerprint density at radius 2 is 2.06 bits per heavy atom. The second kappa shape index (κ2) is 7.96. The van der Waals surface area contributed by atoms with Crippen molar-refractivity contribution in [2.24, 2.45) is 4.99 Å². The first kappa shape index (κ1) is 19.2. The van der Waals surface area contributed by atoms with Crippen molar-refractivity contribution in [1.29, 1.82) is 0 Å². The van der Waals surface area contributed by atoms with Gasteiger partial charge in [-0.3, -0.25) is 4.99 Å². The average Bonchev–Trinajstić information content (AvgIpc) is 3.25. The van der Waals surface area contributed by atoms with Gasteiger partial charge in [0.1, 0.15) is 28.8 Å². The van der Waals surface area contributed by atoms with Gasteiger partial charge < -0.3 is 19.6 Å². The Bertz CT molecular complexity index is 1510. The van der Waals surface area contributed by atoms with Crippen molar-refractivity contribution in [2.75, 3.05) is 0 Å². The standard InChI is InChI=1S/C26H20N3O3.Pt/c1-15-9-16-7-8-22(28-23(16)21(30)10-15)31-19-11-18(13-27-14-19)25-29-24-20-6-4-3-5-17(20)12-26(24,2)32-25;/h3-10,13-14,24,30H,12H2,1-2H3;/q-1;/t24-,26+;/m0./s1/i12D2;. The number of phenols is 1. The molecule has 0 radical (unpaired) electrons. The van der Waals surface area contributed by atoms with Crippen LogP contribution >= 0.6 is 0 Å². The van der Waals surface area contributed by atoms with E-state index in [1.54, 1.807) is 31.3 Å². The maximum absolute atomic E-state index is 10.2. The van der Waals surface area contributed by atoms with Gasteiger partial charge in [0.15, 0.2) is 0 Å². The topological polar surface area (TPSA) is 76.8 Å². The van der Waals surface area contributed by atoms with Crippen molar-refractivity contribution in [3.63, 3.8) is 0 Å². The minimum atomic E-state index is -1.71. The molecule has 1 aliphatic heterocycles. The molecule has 0 amide bonds. The second-order valence-corrected chi connectivity index (χ2v) is 8.18. The molecule has 1 N–H and O–H groups in total. The van der Waals surface area contributed by atoms with Gasteiger partial charge in [-0.05, 0) is 54.9 Å². The summed E-state index contributed by atoms with van der Waals surface area (Å²) in [5, 5.41) is 11.1. The van der Waals surface area contributed by atoms with Crippen LogP contribution in [0.1, 0.15) is 38.0 Å². The van der Waals surface area contributed by atoms with Crippen molar-refractivity contribution in [2.45, 2.75) is 31.9 Å². The van der Waals surface area contributed by atoms with Crippen LogP contribution in [0.2, 0.25) is 0 Å². The maximum atomic E-state index is 10.2. The third kappa shape index (κ3) is 3.68. The van der Waals surface area contributed by atoms with E-state index in [2.05, 4.69) is 16.0 Å². The van der Waals surface area contributed by atoms with Crippen LogP contribution in [0.3, 0.4) is 0 Å². The van der Waals surface area contributed by atoms with Crippen LogP contribution in [0.5, 0.6) is 17.4 Å². The zero-order valence-corrected chi connectivity index (χ0v) is 20.0. The van der Waals surface area contributed by atoms with Crippen molar-refractivity contribution in [3.05, 3.63) is 89.2 Å². The predicted octanol–water partition coefficient (Wildman–Crippen LogP) is 5.07. The van der Waals surface area contributed by atoms with Crippen molar-refractivity contribution in [3.8, 4) is 17.4 Å². The fourth-order valence-corrected chi connectivity index (χ4v) is 4.28. The van der Waals surface area contributed by atoms with Gasteiger partial charge in [0.05, 0.1) is 5.75 Å². The van der Waals surface area contributed by atoms with Crippen molar-refractivity contribution in [1.82, 2.24) is 9.97 Å². The first-order valence-corrected chi connectivity index (χ1v) is 10.3. The molecule has 33 heavy (non-hydrogen) atoms. The van der Waals surface area contributed by atoms with Crippen LogP contribution in [-0.2, 0) is 32.2 Å². The Balaban J connectivity index is 0.00000253. The number of hydrogen-bond acceptors (Lipinski definition) is 6. The SMILES string of the molecule is [2H]C1([2H])c2ccccc2[C@@H]2N=C(c3[c-]c(Oc4ccc5cc(C)cc(O)c5n4)cnc3)O[C@@]21C.[Pt]. The smallest absolute Gasteiger partial charge is 0.217 e. The second-order valence-electron chi connectivity index (χ2n) is 8.18. The summed E-state index contributed by atoms with van der Waals surface area (Å²) >= 11 is 0. The minimum absolute atomic E-state index is 0. The van der Waals surface area contributed by atoms with E-state index in [0.29, 0.717) is 22.4 Å². The van der Waals surface area contributed by atoms with Gasteiger partial charge in [0.25, 0.3) is 0 Å². The van der Waals surface area contributed by atoms with Crippen LogP contribution in [0.4, 0.5) is 0 Å². The number of aromatic nitrogens is 2. The number of aromatic hydroxyl groups is 1. The van der Waals surface area contributed by atoms with E-state index in [9.17, 15) is 5.11 Å². The maximum Gasteiger partial charge on any atom is 0.217 e. The largest absolute Gasteiger partial charge is 0.511 e. The number of hydrogen-bond donors (Lipinski definition) is 1. The molecule has 0 fully saturated rings. The molecular weight excluding hydrogens is 597 g/mol. The van der Waals surface area contributed by atoms with Crippen molar-refractivity contribution >= 4 is 16.8 Å². The normalized spacial score (nSPS) is 22.8. The number of aliphatic imine (C=N–C) groups is 1. The number of pyridine rings is 2. The van der Waals surface area contributed by atoms with Gasteiger partial charge in [-0.1, -0.05) is 42.1 Å². The average molecular weight is 620 g/mol. The molecule has 2 aromatic heterocycles. The molecular formula is C26H20N3O3Pt-. The molecule has 6 rings (SSSR count). The van der Waals surface area contributed by atoms with E-state index in [0.717, 1.165) is 16.5 Å². The Kier molecular flexibility index (Phi) is 4.64. The molecule has 2 atom stereocenters. The number of phenolic OH excluding ortho intramolecular Hbond substituents is 1. The number of aryl methyl sites for hydroxylation is 1. The summed E-state index contributed by atoms with van der Waals surface area (Å²) in [6.07, 6.45) is 1.34. The van der Waals surface area contributed by atoms with E-state index in [-0.39, 0.29) is 38.6 Å². The summed E-state index contributed by atoms with van der Waals surface area (Å²) in [6.45, 7) is 3.65. The summed E-state index contributed by atoms with van der Waals surface area (Å²) < 4.78 is 29.5. The first-order valence-electron chi connectivity index (χ1n) is 11.3. The first-order chi connectivity index (χ1) is 16.3. The molecule has 0 spiro atoms. The third-order valence-corrected chi connectivity index (χ3v) is 5.70. The number of rotatable bonds is 3. The summed E-state index contributed by atoms with van der Waals surface area (Å²) in [6, 6.07) is 17.1. The number of ether oxygens (including phenoxy) is 2. The molecule has 4 aromatic rings. The van der Waals surface area contributed by atoms with Gasteiger partial charge in [-0.15, -0.1) is 0 Å². The van der Waals surface area contributed by atoms with Gasteiger partial charge in [0, 0.05) is 41.6 Å². The van der Waals surface area contributed by atoms with Crippen molar-refractivity contribution < 1.29 is 38.4 Å².